The first kappa shape index (κ1) is 31.0. The molecular formula is C53H45N. The number of hydrogen-bond donors (Lipinski definition) is 0. The van der Waals surface area contributed by atoms with E-state index in [9.17, 15) is 0 Å². The molecule has 13 rings (SSSR count). The molecule has 0 heterocycles. The summed E-state index contributed by atoms with van der Waals surface area (Å²) in [6.07, 6.45) is 7.18. The Morgan fingerprint density at radius 2 is 0.963 bits per heavy atom. The summed E-state index contributed by atoms with van der Waals surface area (Å²) in [4.78, 5) is 2.45. The molecule has 54 heavy (non-hydrogen) atoms. The lowest BCUT2D eigenvalue weighted by molar-refractivity contribution is -0.0399. The molecule has 4 saturated carbocycles. The van der Waals surface area contributed by atoms with Crippen LogP contribution in [0.15, 0.2) is 152 Å². The van der Waals surface area contributed by atoms with E-state index in [-0.39, 0.29) is 10.8 Å². The lowest BCUT2D eigenvalue weighted by Crippen LogP contribution is -2.55. The summed E-state index contributed by atoms with van der Waals surface area (Å²) < 4.78 is 0. The maximum atomic E-state index is 2.55. The minimum absolute atomic E-state index is 0.0672. The number of nitrogens with zero attached hydrogens (tertiary/aromatic N) is 1. The Bertz CT molecular complexity index is 2630. The van der Waals surface area contributed by atoms with Gasteiger partial charge in [-0.25, -0.2) is 0 Å². The fraction of sp³-hybridized carbons (Fsp3) is 0.245. The van der Waals surface area contributed by atoms with Crippen molar-refractivity contribution in [2.75, 3.05) is 4.90 Å². The first-order chi connectivity index (χ1) is 26.5. The van der Waals surface area contributed by atoms with Crippen molar-refractivity contribution in [2.45, 2.75) is 56.8 Å². The van der Waals surface area contributed by atoms with Crippen LogP contribution in [0.5, 0.6) is 0 Å². The highest BCUT2D eigenvalue weighted by Crippen LogP contribution is 2.69. The molecule has 0 N–H and O–H groups in total. The summed E-state index contributed by atoms with van der Waals surface area (Å²) in [5.74, 6) is 3.50. The normalized spacial score (nSPS) is 24.7. The number of hydrogen-bond acceptors (Lipinski definition) is 1. The highest BCUT2D eigenvalue weighted by molar-refractivity contribution is 5.91. The Labute approximate surface area is 319 Å². The van der Waals surface area contributed by atoms with Crippen molar-refractivity contribution >= 4 is 27.8 Å². The first-order valence-electron chi connectivity index (χ1n) is 20.3. The summed E-state index contributed by atoms with van der Waals surface area (Å²) in [5, 5.41) is 2.51. The molecule has 0 amide bonds. The van der Waals surface area contributed by atoms with E-state index < -0.39 is 0 Å². The van der Waals surface area contributed by atoms with Gasteiger partial charge in [-0.3, -0.25) is 0 Å². The summed E-state index contributed by atoms with van der Waals surface area (Å²) in [7, 11) is 0. The van der Waals surface area contributed by atoms with E-state index in [1.54, 1.807) is 11.1 Å². The van der Waals surface area contributed by atoms with Crippen molar-refractivity contribution in [1.29, 1.82) is 0 Å². The van der Waals surface area contributed by atoms with Crippen molar-refractivity contribution in [2.24, 2.45) is 23.7 Å². The van der Waals surface area contributed by atoms with E-state index in [1.165, 1.54) is 104 Å². The van der Waals surface area contributed by atoms with Crippen molar-refractivity contribution in [3.63, 3.8) is 0 Å². The average Bonchev–Trinajstić information content (AvgIpc) is 3.62. The second-order valence-electron chi connectivity index (χ2n) is 17.8. The standard InChI is InChI=1S/C53H45N/c1-52(2)48-13-7-5-11-44(48)46-23-22-43(32-51(46)52)54(42-21-17-35-9-3-4-10-37(35)30-42)41-19-15-36(16-20-41)38-18-24-50-47(31-38)45-12-6-8-14-49(45)53(50)39-26-33-25-34(28-39)29-40(53)27-33/h3-24,30-34,39-40H,25-29H2,1-2H3. The molecule has 0 saturated heterocycles. The zero-order chi connectivity index (χ0) is 35.8. The topological polar surface area (TPSA) is 3.24 Å². The van der Waals surface area contributed by atoms with Crippen LogP contribution in [0, 0.1) is 23.7 Å². The molecule has 0 atom stereocenters. The maximum Gasteiger partial charge on any atom is 0.0468 e. The van der Waals surface area contributed by atoms with E-state index in [0.717, 1.165) is 23.7 Å². The summed E-state index contributed by atoms with van der Waals surface area (Å²) in [6.45, 7) is 4.74. The third-order valence-corrected chi connectivity index (χ3v) is 14.8. The van der Waals surface area contributed by atoms with E-state index in [1.807, 2.05) is 0 Å². The Kier molecular flexibility index (Phi) is 6.36. The van der Waals surface area contributed by atoms with Crippen LogP contribution in [0.4, 0.5) is 17.1 Å². The van der Waals surface area contributed by atoms with Crippen molar-refractivity contribution in [3.05, 3.63) is 174 Å². The van der Waals surface area contributed by atoms with Crippen LogP contribution in [0.25, 0.3) is 44.2 Å². The van der Waals surface area contributed by atoms with Gasteiger partial charge in [0.15, 0.2) is 0 Å². The van der Waals surface area contributed by atoms with E-state index in [0.29, 0.717) is 0 Å². The molecule has 6 aliphatic carbocycles. The van der Waals surface area contributed by atoms with Gasteiger partial charge in [-0.15, -0.1) is 0 Å². The van der Waals surface area contributed by atoms with Crippen LogP contribution in [-0.4, -0.2) is 0 Å². The Balaban J connectivity index is 0.958. The molecule has 4 bridgehead atoms. The predicted molar refractivity (Wildman–Crippen MR) is 225 cm³/mol. The van der Waals surface area contributed by atoms with Crippen LogP contribution in [0.1, 0.15) is 68.2 Å². The van der Waals surface area contributed by atoms with Gasteiger partial charge in [0.05, 0.1) is 0 Å². The van der Waals surface area contributed by atoms with Crippen LogP contribution < -0.4 is 4.90 Å². The molecule has 1 spiro atoms. The maximum absolute atomic E-state index is 2.55. The van der Waals surface area contributed by atoms with Crippen molar-refractivity contribution in [3.8, 4) is 33.4 Å². The second kappa shape index (κ2) is 11.1. The molecule has 0 unspecified atom stereocenters. The fourth-order valence-electron chi connectivity index (χ4n) is 12.7. The summed E-state index contributed by atoms with van der Waals surface area (Å²) in [5.41, 5.74) is 18.0. The number of anilines is 3. The fourth-order valence-corrected chi connectivity index (χ4v) is 12.7. The molecular weight excluding hydrogens is 651 g/mol. The van der Waals surface area contributed by atoms with Gasteiger partial charge in [0.25, 0.3) is 0 Å². The van der Waals surface area contributed by atoms with Crippen LogP contribution in [-0.2, 0) is 10.8 Å². The van der Waals surface area contributed by atoms with Crippen LogP contribution in [0.3, 0.4) is 0 Å². The Morgan fingerprint density at radius 1 is 0.407 bits per heavy atom. The van der Waals surface area contributed by atoms with Gasteiger partial charge < -0.3 is 4.90 Å². The average molecular weight is 696 g/mol. The SMILES string of the molecule is CC1(C)c2ccccc2-c2ccc(N(c3ccc(-c4ccc5c(c4)-c4ccccc4C54C5CC6CC(C5)CC4C6)cc3)c3ccc4ccccc4c3)cc21. The van der Waals surface area contributed by atoms with Gasteiger partial charge in [-0.1, -0.05) is 123 Å². The monoisotopic (exact) mass is 695 g/mol. The molecule has 6 aliphatic rings. The van der Waals surface area contributed by atoms with Crippen LogP contribution in [0.2, 0.25) is 0 Å². The third kappa shape index (κ3) is 4.16. The summed E-state index contributed by atoms with van der Waals surface area (Å²) in [6, 6.07) is 58.0. The van der Waals surface area contributed by atoms with E-state index in [2.05, 4.69) is 170 Å². The first-order valence-corrected chi connectivity index (χ1v) is 20.3. The molecule has 7 aromatic rings. The van der Waals surface area contributed by atoms with E-state index in [4.69, 9.17) is 0 Å². The summed E-state index contributed by atoms with van der Waals surface area (Å²) >= 11 is 0. The second-order valence-corrected chi connectivity index (χ2v) is 17.8. The highest BCUT2D eigenvalue weighted by atomic mass is 15.1. The molecule has 0 aliphatic heterocycles. The van der Waals surface area contributed by atoms with Crippen LogP contribution >= 0.6 is 0 Å². The third-order valence-electron chi connectivity index (χ3n) is 14.8. The molecule has 1 heteroatoms. The zero-order valence-corrected chi connectivity index (χ0v) is 31.2. The highest BCUT2D eigenvalue weighted by Gasteiger charge is 2.61. The van der Waals surface area contributed by atoms with E-state index >= 15 is 0 Å². The van der Waals surface area contributed by atoms with Gasteiger partial charge in [-0.2, -0.15) is 0 Å². The lowest BCUT2D eigenvalue weighted by Gasteiger charge is -2.61. The largest absolute Gasteiger partial charge is 0.310 e. The predicted octanol–water partition coefficient (Wildman–Crippen LogP) is 14.0. The molecule has 0 radical (unpaired) electrons. The van der Waals surface area contributed by atoms with Gasteiger partial charge in [0.1, 0.15) is 0 Å². The molecule has 0 aromatic heterocycles. The molecule has 7 aromatic carbocycles. The number of benzene rings is 7. The molecule has 4 fully saturated rings. The number of fused-ring (bicyclic) bond motifs is 7. The van der Waals surface area contributed by atoms with Gasteiger partial charge in [0.2, 0.25) is 0 Å². The quantitative estimate of drug-likeness (QED) is 0.177. The van der Waals surface area contributed by atoms with Gasteiger partial charge >= 0.3 is 0 Å². The number of rotatable bonds is 4. The van der Waals surface area contributed by atoms with Gasteiger partial charge in [0, 0.05) is 27.9 Å². The molecule has 262 valence electrons. The smallest absolute Gasteiger partial charge is 0.0468 e. The van der Waals surface area contributed by atoms with Crippen molar-refractivity contribution in [1.82, 2.24) is 0 Å². The Morgan fingerprint density at radius 3 is 1.72 bits per heavy atom. The minimum atomic E-state index is -0.0672. The lowest BCUT2D eigenvalue weighted by atomic mass is 9.43. The van der Waals surface area contributed by atoms with Gasteiger partial charge in [-0.05, 0) is 165 Å². The zero-order valence-electron chi connectivity index (χ0n) is 31.2. The minimum Gasteiger partial charge on any atom is -0.310 e. The molecule has 1 nitrogen and oxygen atoms in total. The Hall–Kier alpha value is -5.40. The van der Waals surface area contributed by atoms with Crippen molar-refractivity contribution < 1.29 is 0 Å².